The van der Waals surface area contributed by atoms with Gasteiger partial charge in [-0.1, -0.05) is 13.3 Å². The molecule has 0 radical (unpaired) electrons. The largest absolute Gasteiger partial charge is 0.382 e. The van der Waals surface area contributed by atoms with Gasteiger partial charge in [-0.25, -0.2) is 0 Å². The first-order chi connectivity index (χ1) is 7.61. The predicted molar refractivity (Wildman–Crippen MR) is 63.6 cm³/mol. The molecule has 0 aromatic heterocycles. The SMILES string of the molecule is CCC1CC1Nc1ccc([N+](=O)[O-])cc1C. The van der Waals surface area contributed by atoms with Gasteiger partial charge in [0.05, 0.1) is 4.92 Å². The molecule has 2 unspecified atom stereocenters. The van der Waals surface area contributed by atoms with E-state index in [9.17, 15) is 10.1 Å². The van der Waals surface area contributed by atoms with Crippen LogP contribution in [0.4, 0.5) is 11.4 Å². The van der Waals surface area contributed by atoms with E-state index in [2.05, 4.69) is 12.2 Å². The molecule has 4 heteroatoms. The normalized spacial score (nSPS) is 22.9. The highest BCUT2D eigenvalue weighted by atomic mass is 16.6. The molecule has 1 N–H and O–H groups in total. The maximum absolute atomic E-state index is 10.6. The number of nitrogens with one attached hydrogen (secondary N) is 1. The van der Waals surface area contributed by atoms with Gasteiger partial charge in [-0.2, -0.15) is 0 Å². The number of nitrogens with zero attached hydrogens (tertiary/aromatic N) is 1. The number of benzene rings is 1. The van der Waals surface area contributed by atoms with E-state index in [1.807, 2.05) is 6.92 Å². The summed E-state index contributed by atoms with van der Waals surface area (Å²) < 4.78 is 0. The highest BCUT2D eigenvalue weighted by Gasteiger charge is 2.35. The van der Waals surface area contributed by atoms with E-state index in [1.54, 1.807) is 18.2 Å². The Labute approximate surface area is 94.8 Å². The molecule has 1 aromatic rings. The lowest BCUT2D eigenvalue weighted by Crippen LogP contribution is -2.05. The standard InChI is InChI=1S/C12H16N2O2/c1-3-9-7-12(9)13-11-5-4-10(14(15)16)6-8(11)2/h4-6,9,12-13H,3,7H2,1-2H3. The third-order valence-electron chi connectivity index (χ3n) is 3.21. The van der Waals surface area contributed by atoms with Gasteiger partial charge in [-0.3, -0.25) is 10.1 Å². The quantitative estimate of drug-likeness (QED) is 0.626. The van der Waals surface area contributed by atoms with Gasteiger partial charge in [-0.05, 0) is 30.9 Å². The molecule has 0 amide bonds. The molecule has 0 heterocycles. The molecular weight excluding hydrogens is 204 g/mol. The zero-order valence-electron chi connectivity index (χ0n) is 9.56. The van der Waals surface area contributed by atoms with Crippen LogP contribution in [0.5, 0.6) is 0 Å². The van der Waals surface area contributed by atoms with Crippen LogP contribution in [0.15, 0.2) is 18.2 Å². The first-order valence-electron chi connectivity index (χ1n) is 5.63. The Morgan fingerprint density at radius 2 is 2.31 bits per heavy atom. The lowest BCUT2D eigenvalue weighted by atomic mass is 10.1. The predicted octanol–water partition coefficient (Wildman–Crippen LogP) is 3.11. The molecule has 0 saturated heterocycles. The second-order valence-corrected chi connectivity index (χ2v) is 4.41. The molecule has 0 aliphatic heterocycles. The zero-order chi connectivity index (χ0) is 11.7. The maximum Gasteiger partial charge on any atom is 0.269 e. The molecule has 2 atom stereocenters. The Morgan fingerprint density at radius 3 is 2.81 bits per heavy atom. The van der Waals surface area contributed by atoms with Crippen LogP contribution in [0.3, 0.4) is 0 Å². The lowest BCUT2D eigenvalue weighted by molar-refractivity contribution is -0.384. The topological polar surface area (TPSA) is 55.2 Å². The van der Waals surface area contributed by atoms with Gasteiger partial charge in [-0.15, -0.1) is 0 Å². The summed E-state index contributed by atoms with van der Waals surface area (Å²) in [6, 6.07) is 5.54. The summed E-state index contributed by atoms with van der Waals surface area (Å²) in [5.74, 6) is 0.773. The molecule has 1 aromatic carbocycles. The smallest absolute Gasteiger partial charge is 0.269 e. The van der Waals surface area contributed by atoms with E-state index < -0.39 is 0 Å². The van der Waals surface area contributed by atoms with Crippen LogP contribution in [-0.4, -0.2) is 11.0 Å². The van der Waals surface area contributed by atoms with Gasteiger partial charge in [0.2, 0.25) is 0 Å². The number of anilines is 1. The number of hydrogen-bond donors (Lipinski definition) is 1. The van der Waals surface area contributed by atoms with Crippen LogP contribution in [0.2, 0.25) is 0 Å². The fraction of sp³-hybridized carbons (Fsp3) is 0.500. The second-order valence-electron chi connectivity index (χ2n) is 4.41. The van der Waals surface area contributed by atoms with Crippen LogP contribution >= 0.6 is 0 Å². The number of nitro groups is 1. The van der Waals surface area contributed by atoms with E-state index >= 15 is 0 Å². The monoisotopic (exact) mass is 220 g/mol. The zero-order valence-corrected chi connectivity index (χ0v) is 9.56. The molecule has 1 aliphatic rings. The van der Waals surface area contributed by atoms with Crippen LogP contribution in [-0.2, 0) is 0 Å². The van der Waals surface area contributed by atoms with Crippen molar-refractivity contribution in [2.75, 3.05) is 5.32 Å². The van der Waals surface area contributed by atoms with E-state index in [4.69, 9.17) is 0 Å². The van der Waals surface area contributed by atoms with Gasteiger partial charge in [0.25, 0.3) is 5.69 Å². The molecule has 86 valence electrons. The maximum atomic E-state index is 10.6. The second kappa shape index (κ2) is 4.12. The fourth-order valence-corrected chi connectivity index (χ4v) is 2.00. The summed E-state index contributed by atoms with van der Waals surface area (Å²) in [5, 5.41) is 14.0. The Balaban J connectivity index is 2.08. The number of hydrogen-bond acceptors (Lipinski definition) is 3. The minimum Gasteiger partial charge on any atom is -0.382 e. The van der Waals surface area contributed by atoms with Gasteiger partial charge in [0, 0.05) is 23.9 Å². The minimum absolute atomic E-state index is 0.158. The highest BCUT2D eigenvalue weighted by Crippen LogP contribution is 2.37. The van der Waals surface area contributed by atoms with Crippen LogP contribution in [0, 0.1) is 23.0 Å². The van der Waals surface area contributed by atoms with Crippen molar-refractivity contribution in [3.05, 3.63) is 33.9 Å². The van der Waals surface area contributed by atoms with Gasteiger partial charge >= 0.3 is 0 Å². The van der Waals surface area contributed by atoms with E-state index in [1.165, 1.54) is 12.8 Å². The van der Waals surface area contributed by atoms with Crippen molar-refractivity contribution in [2.24, 2.45) is 5.92 Å². The third kappa shape index (κ3) is 2.15. The number of aryl methyl sites for hydroxylation is 1. The van der Waals surface area contributed by atoms with Crippen molar-refractivity contribution >= 4 is 11.4 Å². The average molecular weight is 220 g/mol. The first kappa shape index (κ1) is 10.9. The molecule has 0 bridgehead atoms. The van der Waals surface area contributed by atoms with Gasteiger partial charge in [0.15, 0.2) is 0 Å². The number of non-ortho nitro benzene ring substituents is 1. The van der Waals surface area contributed by atoms with Crippen molar-refractivity contribution in [1.29, 1.82) is 0 Å². The minimum atomic E-state index is -0.358. The summed E-state index contributed by atoms with van der Waals surface area (Å²) in [4.78, 5) is 10.2. The summed E-state index contributed by atoms with van der Waals surface area (Å²) in [5.41, 5.74) is 2.12. The third-order valence-corrected chi connectivity index (χ3v) is 3.21. The van der Waals surface area contributed by atoms with Gasteiger partial charge < -0.3 is 5.32 Å². The number of rotatable bonds is 4. The lowest BCUT2D eigenvalue weighted by Gasteiger charge is -2.08. The first-order valence-corrected chi connectivity index (χ1v) is 5.63. The molecule has 1 aliphatic carbocycles. The molecule has 1 fully saturated rings. The van der Waals surface area contributed by atoms with Crippen molar-refractivity contribution < 1.29 is 4.92 Å². The Morgan fingerprint density at radius 1 is 1.56 bits per heavy atom. The van der Waals surface area contributed by atoms with Crippen LogP contribution in [0.1, 0.15) is 25.3 Å². The molecule has 4 nitrogen and oxygen atoms in total. The summed E-state index contributed by atoms with van der Waals surface area (Å²) >= 11 is 0. The summed E-state index contributed by atoms with van der Waals surface area (Å²) in [6.45, 7) is 4.09. The average Bonchev–Trinajstić information content (AvgIpc) is 2.99. The Bertz CT molecular complexity index is 417. The molecule has 2 rings (SSSR count). The molecular formula is C12H16N2O2. The summed E-state index contributed by atoms with van der Waals surface area (Å²) in [7, 11) is 0. The van der Waals surface area contributed by atoms with E-state index in [0.29, 0.717) is 6.04 Å². The van der Waals surface area contributed by atoms with Crippen molar-refractivity contribution in [3.63, 3.8) is 0 Å². The van der Waals surface area contributed by atoms with Gasteiger partial charge in [0.1, 0.15) is 0 Å². The Hall–Kier alpha value is -1.58. The van der Waals surface area contributed by atoms with Crippen molar-refractivity contribution in [1.82, 2.24) is 0 Å². The van der Waals surface area contributed by atoms with Crippen LogP contribution in [0.25, 0.3) is 0 Å². The summed E-state index contributed by atoms with van der Waals surface area (Å²) in [6.07, 6.45) is 2.41. The fourth-order valence-electron chi connectivity index (χ4n) is 2.00. The molecule has 0 spiro atoms. The van der Waals surface area contributed by atoms with Crippen LogP contribution < -0.4 is 5.32 Å². The van der Waals surface area contributed by atoms with Crippen molar-refractivity contribution in [3.8, 4) is 0 Å². The molecule has 16 heavy (non-hydrogen) atoms. The van der Waals surface area contributed by atoms with Crippen molar-refractivity contribution in [2.45, 2.75) is 32.7 Å². The van der Waals surface area contributed by atoms with E-state index in [0.717, 1.165) is 17.2 Å². The molecule has 1 saturated carbocycles. The highest BCUT2D eigenvalue weighted by molar-refractivity contribution is 5.56. The van der Waals surface area contributed by atoms with E-state index in [-0.39, 0.29) is 10.6 Å². The Kier molecular flexibility index (Phi) is 2.81. The number of nitro benzene ring substituents is 1.